The summed E-state index contributed by atoms with van der Waals surface area (Å²) in [5, 5.41) is -0.322. The Morgan fingerprint density at radius 1 is 1.70 bits per heavy atom. The summed E-state index contributed by atoms with van der Waals surface area (Å²) in [5.41, 5.74) is -1.65. The van der Waals surface area contributed by atoms with Gasteiger partial charge >= 0.3 is 0 Å². The highest BCUT2D eigenvalue weighted by Crippen LogP contribution is 2.25. The fraction of sp³-hybridized carbons (Fsp3) is 1.00. The van der Waals surface area contributed by atoms with Crippen LogP contribution < -0.4 is 5.84 Å². The third-order valence-corrected chi connectivity index (χ3v) is 2.17. The summed E-state index contributed by atoms with van der Waals surface area (Å²) < 4.78 is 24.2. The molecule has 0 rings (SSSR count). The van der Waals surface area contributed by atoms with Gasteiger partial charge in [0.1, 0.15) is 17.0 Å². The molecule has 2 N–H and O–H groups in total. The van der Waals surface area contributed by atoms with Gasteiger partial charge in [0, 0.05) is 0 Å². The van der Waals surface area contributed by atoms with Gasteiger partial charge in [-0.1, -0.05) is 5.23 Å². The van der Waals surface area contributed by atoms with E-state index in [-0.39, 0.29) is 5.23 Å². The lowest BCUT2D eigenvalue weighted by atomic mass is 10.1. The minimum atomic E-state index is -1.65. The van der Waals surface area contributed by atoms with Crippen molar-refractivity contribution in [3.05, 3.63) is 0 Å². The Morgan fingerprint density at radius 3 is 2.10 bits per heavy atom. The zero-order chi connectivity index (χ0) is 8.36. The molecule has 0 aliphatic rings. The Balaban J connectivity index is 4.23. The number of nitrogens with two attached hydrogens (primary N) is 1. The van der Waals surface area contributed by atoms with Crippen molar-refractivity contribution in [3.63, 3.8) is 0 Å². The quantitative estimate of drug-likeness (QED) is 0.319. The van der Waals surface area contributed by atoms with E-state index in [0.29, 0.717) is 0 Å². The lowest BCUT2D eigenvalue weighted by Gasteiger charge is -2.29. The van der Waals surface area contributed by atoms with E-state index in [2.05, 4.69) is 5.84 Å². The van der Waals surface area contributed by atoms with Crippen molar-refractivity contribution in [1.29, 1.82) is 0 Å². The highest BCUT2D eigenvalue weighted by atomic mass is 35.5. The molecule has 1 atom stereocenters. The highest BCUT2D eigenvalue weighted by molar-refractivity contribution is 6.45. The van der Waals surface area contributed by atoms with Gasteiger partial charge in [0.05, 0.1) is 0 Å². The molecule has 0 aromatic rings. The predicted octanol–water partition coefficient (Wildman–Crippen LogP) is 1.58. The molecule has 0 aliphatic carbocycles. The minimum absolute atomic E-state index is 0.322. The average molecular weight is 193 g/mol. The molecular formula is C4H8Cl2F2N2. The molecule has 1 unspecified atom stereocenters. The predicted molar refractivity (Wildman–Crippen MR) is 37.0 cm³/mol. The van der Waals surface area contributed by atoms with Crippen molar-refractivity contribution < 1.29 is 8.87 Å². The van der Waals surface area contributed by atoms with Gasteiger partial charge in [0.2, 0.25) is 0 Å². The van der Waals surface area contributed by atoms with Gasteiger partial charge in [-0.15, -0.1) is 27.7 Å². The number of hydrazine groups is 1. The summed E-state index contributed by atoms with van der Waals surface area (Å²) in [5.74, 6) is 4.64. The lowest BCUT2D eigenvalue weighted by Crippen LogP contribution is -2.52. The van der Waals surface area contributed by atoms with Crippen LogP contribution in [0.1, 0.15) is 6.92 Å². The Labute approximate surface area is 67.8 Å². The lowest BCUT2D eigenvalue weighted by molar-refractivity contribution is -0.0823. The SMILES string of the molecule is CC(CF)(C(Cl)Cl)N(N)F. The first-order valence-electron chi connectivity index (χ1n) is 2.50. The highest BCUT2D eigenvalue weighted by Gasteiger charge is 2.38. The van der Waals surface area contributed by atoms with Crippen LogP contribution in [0.25, 0.3) is 0 Å². The third-order valence-electron chi connectivity index (χ3n) is 1.23. The molecule has 10 heavy (non-hydrogen) atoms. The first-order chi connectivity index (χ1) is 4.45. The van der Waals surface area contributed by atoms with E-state index >= 15 is 0 Å². The molecular weight excluding hydrogens is 185 g/mol. The van der Waals surface area contributed by atoms with Gasteiger partial charge in [-0.05, 0) is 6.92 Å². The number of nitrogens with zero attached hydrogens (tertiary/aromatic N) is 1. The van der Waals surface area contributed by atoms with Crippen molar-refractivity contribution >= 4 is 23.2 Å². The summed E-state index contributed by atoms with van der Waals surface area (Å²) >= 11 is 10.5. The van der Waals surface area contributed by atoms with Crippen molar-refractivity contribution in [3.8, 4) is 0 Å². The minimum Gasteiger partial charge on any atom is -0.249 e. The molecule has 0 aliphatic heterocycles. The summed E-state index contributed by atoms with van der Waals surface area (Å²) in [6.45, 7) is 0.134. The zero-order valence-electron chi connectivity index (χ0n) is 5.32. The van der Waals surface area contributed by atoms with Crippen LogP contribution in [-0.2, 0) is 0 Å². The standard InChI is InChI=1S/C4H8Cl2F2N2/c1-4(2-7,3(5)6)10(8)9/h3H,2,9H2,1H3. The van der Waals surface area contributed by atoms with E-state index in [1.807, 2.05) is 0 Å². The monoisotopic (exact) mass is 192 g/mol. The molecule has 62 valence electrons. The summed E-state index contributed by atoms with van der Waals surface area (Å²) in [6.07, 6.45) is 0. The summed E-state index contributed by atoms with van der Waals surface area (Å²) in [6, 6.07) is 0. The molecule has 6 heteroatoms. The van der Waals surface area contributed by atoms with Crippen molar-refractivity contribution in [1.82, 2.24) is 5.23 Å². The van der Waals surface area contributed by atoms with E-state index in [0.717, 1.165) is 0 Å². The number of hydrogen-bond donors (Lipinski definition) is 1. The van der Waals surface area contributed by atoms with E-state index in [1.54, 1.807) is 0 Å². The molecule has 0 amide bonds. The average Bonchev–Trinajstić information content (AvgIpc) is 1.85. The van der Waals surface area contributed by atoms with E-state index in [1.165, 1.54) is 6.92 Å². The fourth-order valence-corrected chi connectivity index (χ4v) is 0.512. The normalized spacial score (nSPS) is 18.0. The Bertz CT molecular complexity index is 101. The molecule has 0 saturated carbocycles. The summed E-state index contributed by atoms with van der Waals surface area (Å²) in [4.78, 5) is -1.20. The fourth-order valence-electron chi connectivity index (χ4n) is 0.209. The van der Waals surface area contributed by atoms with Gasteiger partial charge in [0.15, 0.2) is 0 Å². The Hall–Kier alpha value is 0.360. The molecule has 2 nitrogen and oxygen atoms in total. The molecule has 0 aromatic carbocycles. The van der Waals surface area contributed by atoms with Gasteiger partial charge in [-0.25, -0.2) is 10.2 Å². The van der Waals surface area contributed by atoms with Crippen LogP contribution in [0.15, 0.2) is 0 Å². The van der Waals surface area contributed by atoms with Crippen LogP contribution in [0.2, 0.25) is 0 Å². The number of halogens is 4. The third kappa shape index (κ3) is 1.92. The molecule has 0 aromatic heterocycles. The van der Waals surface area contributed by atoms with Crippen molar-refractivity contribution in [2.75, 3.05) is 6.67 Å². The molecule has 0 fully saturated rings. The maximum atomic E-state index is 12.2. The second kappa shape index (κ2) is 3.67. The van der Waals surface area contributed by atoms with Crippen LogP contribution in [0.5, 0.6) is 0 Å². The van der Waals surface area contributed by atoms with Crippen molar-refractivity contribution in [2.45, 2.75) is 17.3 Å². The maximum Gasteiger partial charge on any atom is 0.132 e. The number of alkyl halides is 3. The molecule has 0 bridgehead atoms. The smallest absolute Gasteiger partial charge is 0.132 e. The first kappa shape index (κ1) is 10.4. The molecule has 0 radical (unpaired) electrons. The van der Waals surface area contributed by atoms with E-state index in [9.17, 15) is 8.87 Å². The molecule has 0 saturated heterocycles. The zero-order valence-corrected chi connectivity index (χ0v) is 6.83. The largest absolute Gasteiger partial charge is 0.249 e. The summed E-state index contributed by atoms with van der Waals surface area (Å²) in [7, 11) is 0. The van der Waals surface area contributed by atoms with Gasteiger partial charge in [0.25, 0.3) is 0 Å². The van der Waals surface area contributed by atoms with Gasteiger partial charge in [-0.3, -0.25) is 0 Å². The second-order valence-electron chi connectivity index (χ2n) is 2.10. The topological polar surface area (TPSA) is 29.3 Å². The van der Waals surface area contributed by atoms with Crippen LogP contribution in [0.3, 0.4) is 0 Å². The Morgan fingerprint density at radius 2 is 2.10 bits per heavy atom. The molecule has 0 spiro atoms. The van der Waals surface area contributed by atoms with E-state index < -0.39 is 17.0 Å². The number of rotatable bonds is 3. The first-order valence-corrected chi connectivity index (χ1v) is 3.37. The number of hydrogen-bond acceptors (Lipinski definition) is 2. The Kier molecular flexibility index (Phi) is 3.80. The maximum absolute atomic E-state index is 12.2. The van der Waals surface area contributed by atoms with Crippen LogP contribution in [-0.4, -0.2) is 22.3 Å². The molecule has 0 heterocycles. The van der Waals surface area contributed by atoms with E-state index in [4.69, 9.17) is 23.2 Å². The van der Waals surface area contributed by atoms with Crippen LogP contribution in [0.4, 0.5) is 8.87 Å². The van der Waals surface area contributed by atoms with Crippen LogP contribution >= 0.6 is 23.2 Å². The van der Waals surface area contributed by atoms with Gasteiger partial charge in [-0.2, -0.15) is 0 Å². The van der Waals surface area contributed by atoms with Crippen molar-refractivity contribution in [2.24, 2.45) is 5.84 Å². The van der Waals surface area contributed by atoms with Gasteiger partial charge < -0.3 is 0 Å². The second-order valence-corrected chi connectivity index (χ2v) is 3.20. The van der Waals surface area contributed by atoms with Crippen LogP contribution in [0, 0.1) is 0 Å².